The maximum absolute atomic E-state index is 12.4. The summed E-state index contributed by atoms with van der Waals surface area (Å²) in [4.78, 5) is 0.309. The third-order valence-corrected chi connectivity index (χ3v) is 5.28. The van der Waals surface area contributed by atoms with Gasteiger partial charge < -0.3 is 5.32 Å². The lowest BCUT2D eigenvalue weighted by molar-refractivity contribution is 0.502. The summed E-state index contributed by atoms with van der Waals surface area (Å²) >= 11 is 0. The zero-order valence-corrected chi connectivity index (χ0v) is 12.0. The number of nitrogens with one attached hydrogen (secondary N) is 2. The molecule has 2 rings (SSSR count). The second-order valence-electron chi connectivity index (χ2n) is 4.99. The molecule has 102 valence electrons. The highest BCUT2D eigenvalue weighted by atomic mass is 32.2. The van der Waals surface area contributed by atoms with Gasteiger partial charge in [-0.3, -0.25) is 4.68 Å². The van der Waals surface area contributed by atoms with Crippen LogP contribution in [0.4, 0.5) is 0 Å². The Morgan fingerprint density at radius 2 is 2.06 bits per heavy atom. The van der Waals surface area contributed by atoms with Gasteiger partial charge in [-0.25, -0.2) is 13.1 Å². The first-order valence-electron chi connectivity index (χ1n) is 6.06. The van der Waals surface area contributed by atoms with Crippen LogP contribution in [0.15, 0.2) is 4.90 Å². The highest BCUT2D eigenvalue weighted by Crippen LogP contribution is 2.20. The smallest absolute Gasteiger partial charge is 0.244 e. The first-order valence-corrected chi connectivity index (χ1v) is 7.54. The maximum Gasteiger partial charge on any atom is 0.244 e. The van der Waals surface area contributed by atoms with E-state index in [9.17, 15) is 8.42 Å². The van der Waals surface area contributed by atoms with Crippen molar-refractivity contribution >= 4 is 10.0 Å². The topological polar surface area (TPSA) is 76.0 Å². The average Bonchev–Trinajstić information content (AvgIpc) is 2.73. The summed E-state index contributed by atoms with van der Waals surface area (Å²) in [6, 6.07) is -0.0472. The summed E-state index contributed by atoms with van der Waals surface area (Å²) < 4.78 is 29.2. The van der Waals surface area contributed by atoms with E-state index >= 15 is 0 Å². The number of sulfonamides is 1. The van der Waals surface area contributed by atoms with Crippen LogP contribution >= 0.6 is 0 Å². The molecule has 1 aromatic heterocycles. The Morgan fingerprint density at radius 1 is 1.39 bits per heavy atom. The lowest BCUT2D eigenvalue weighted by Gasteiger charge is -2.16. The monoisotopic (exact) mass is 272 g/mol. The molecule has 2 atom stereocenters. The molecule has 0 saturated carbocycles. The van der Waals surface area contributed by atoms with Crippen molar-refractivity contribution in [3.63, 3.8) is 0 Å². The van der Waals surface area contributed by atoms with E-state index in [0.717, 1.165) is 6.54 Å². The predicted octanol–water partition coefficient (Wildman–Crippen LogP) is -0.0769. The van der Waals surface area contributed by atoms with Gasteiger partial charge in [0.2, 0.25) is 10.0 Å². The van der Waals surface area contributed by atoms with E-state index in [1.807, 2.05) is 6.92 Å². The van der Waals surface area contributed by atoms with Crippen molar-refractivity contribution in [2.75, 3.05) is 13.1 Å². The quantitative estimate of drug-likeness (QED) is 0.807. The summed E-state index contributed by atoms with van der Waals surface area (Å²) in [6.45, 7) is 7.05. The van der Waals surface area contributed by atoms with Crippen molar-refractivity contribution in [1.29, 1.82) is 0 Å². The zero-order chi connectivity index (χ0) is 13.5. The molecular formula is C11H20N4O2S. The van der Waals surface area contributed by atoms with Crippen molar-refractivity contribution < 1.29 is 8.42 Å². The Balaban J connectivity index is 2.31. The van der Waals surface area contributed by atoms with Gasteiger partial charge in [-0.2, -0.15) is 5.10 Å². The number of hydrogen-bond donors (Lipinski definition) is 2. The summed E-state index contributed by atoms with van der Waals surface area (Å²) in [7, 11) is -1.74. The summed E-state index contributed by atoms with van der Waals surface area (Å²) in [5, 5.41) is 7.34. The highest BCUT2D eigenvalue weighted by molar-refractivity contribution is 7.89. The molecule has 1 aliphatic rings. The summed E-state index contributed by atoms with van der Waals surface area (Å²) in [5.74, 6) is 0.303. The molecule has 6 nitrogen and oxygen atoms in total. The molecule has 7 heteroatoms. The van der Waals surface area contributed by atoms with Crippen LogP contribution in [0.5, 0.6) is 0 Å². The molecule has 0 spiro atoms. The second-order valence-corrected chi connectivity index (χ2v) is 6.64. The van der Waals surface area contributed by atoms with Crippen LogP contribution < -0.4 is 10.0 Å². The Bertz CT molecular complexity index is 550. The van der Waals surface area contributed by atoms with E-state index in [1.54, 1.807) is 25.6 Å². The van der Waals surface area contributed by atoms with Crippen LogP contribution in [0.25, 0.3) is 0 Å². The first-order chi connectivity index (χ1) is 8.33. The Hall–Kier alpha value is -0.920. The lowest BCUT2D eigenvalue weighted by Crippen LogP contribution is -2.39. The van der Waals surface area contributed by atoms with E-state index < -0.39 is 10.0 Å². The van der Waals surface area contributed by atoms with Crippen molar-refractivity contribution in [3.8, 4) is 0 Å². The van der Waals surface area contributed by atoms with Gasteiger partial charge in [0.1, 0.15) is 4.90 Å². The van der Waals surface area contributed by atoms with Gasteiger partial charge >= 0.3 is 0 Å². The van der Waals surface area contributed by atoms with Gasteiger partial charge in [0.25, 0.3) is 0 Å². The Morgan fingerprint density at radius 3 is 2.50 bits per heavy atom. The number of aryl methyl sites for hydroxylation is 2. The van der Waals surface area contributed by atoms with Gasteiger partial charge in [-0.1, -0.05) is 6.92 Å². The fourth-order valence-corrected chi connectivity index (χ4v) is 4.15. The van der Waals surface area contributed by atoms with E-state index in [-0.39, 0.29) is 6.04 Å². The fraction of sp³-hybridized carbons (Fsp3) is 0.727. The largest absolute Gasteiger partial charge is 0.315 e. The third kappa shape index (κ3) is 2.30. The molecular weight excluding hydrogens is 252 g/mol. The number of nitrogens with zero attached hydrogens (tertiary/aromatic N) is 2. The summed E-state index contributed by atoms with van der Waals surface area (Å²) in [6.07, 6.45) is 0. The standard InChI is InChI=1S/C11H20N4O2S/c1-7-5-12-6-10(7)14-18(16,17)11-8(2)13-15(4)9(11)3/h7,10,12,14H,5-6H2,1-4H3. The molecule has 0 aliphatic carbocycles. The van der Waals surface area contributed by atoms with E-state index in [2.05, 4.69) is 15.1 Å². The predicted molar refractivity (Wildman–Crippen MR) is 68.8 cm³/mol. The van der Waals surface area contributed by atoms with Crippen molar-refractivity contribution in [2.45, 2.75) is 31.7 Å². The molecule has 2 N–H and O–H groups in total. The van der Waals surface area contributed by atoms with E-state index in [1.165, 1.54) is 0 Å². The molecule has 1 aliphatic heterocycles. The molecule has 1 fully saturated rings. The van der Waals surface area contributed by atoms with Crippen LogP contribution in [0.3, 0.4) is 0 Å². The van der Waals surface area contributed by atoms with E-state index in [4.69, 9.17) is 0 Å². The molecule has 1 aromatic rings. The van der Waals surface area contributed by atoms with Crippen LogP contribution in [0.2, 0.25) is 0 Å². The molecule has 18 heavy (non-hydrogen) atoms. The highest BCUT2D eigenvalue weighted by Gasteiger charge is 2.31. The van der Waals surface area contributed by atoms with E-state index in [0.29, 0.717) is 28.7 Å². The zero-order valence-electron chi connectivity index (χ0n) is 11.2. The normalized spacial score (nSPS) is 24.7. The SMILES string of the molecule is Cc1nn(C)c(C)c1S(=O)(=O)NC1CNCC1C. The number of aromatic nitrogens is 2. The van der Waals surface area contributed by atoms with Gasteiger partial charge in [-0.05, 0) is 26.3 Å². The molecule has 0 amide bonds. The van der Waals surface area contributed by atoms with Crippen molar-refractivity contribution in [1.82, 2.24) is 19.8 Å². The number of rotatable bonds is 3. The molecule has 1 saturated heterocycles. The minimum absolute atomic E-state index is 0.0472. The average molecular weight is 272 g/mol. The maximum atomic E-state index is 12.4. The van der Waals surface area contributed by atoms with Gasteiger partial charge in [0.05, 0.1) is 11.4 Å². The van der Waals surface area contributed by atoms with Gasteiger partial charge in [-0.15, -0.1) is 0 Å². The van der Waals surface area contributed by atoms with Crippen LogP contribution in [-0.2, 0) is 17.1 Å². The number of hydrogen-bond acceptors (Lipinski definition) is 4. The molecule has 0 radical (unpaired) electrons. The van der Waals surface area contributed by atoms with Crippen molar-refractivity contribution in [2.24, 2.45) is 13.0 Å². The summed E-state index contributed by atoms with van der Waals surface area (Å²) in [5.41, 5.74) is 1.21. The molecule has 0 bridgehead atoms. The minimum Gasteiger partial charge on any atom is -0.315 e. The molecule has 0 aromatic carbocycles. The van der Waals surface area contributed by atoms with Crippen LogP contribution in [0.1, 0.15) is 18.3 Å². The second kappa shape index (κ2) is 4.64. The Kier molecular flexibility index (Phi) is 3.48. The van der Waals surface area contributed by atoms with Crippen LogP contribution in [0, 0.1) is 19.8 Å². The minimum atomic E-state index is -3.49. The van der Waals surface area contributed by atoms with Crippen molar-refractivity contribution in [3.05, 3.63) is 11.4 Å². The third-order valence-electron chi connectivity index (χ3n) is 3.54. The fourth-order valence-electron chi connectivity index (χ4n) is 2.37. The molecule has 2 unspecified atom stereocenters. The van der Waals surface area contributed by atoms with Crippen LogP contribution in [-0.4, -0.2) is 37.3 Å². The lowest BCUT2D eigenvalue weighted by atomic mass is 10.1. The van der Waals surface area contributed by atoms with Gasteiger partial charge in [0, 0.05) is 19.6 Å². The molecule has 2 heterocycles. The van der Waals surface area contributed by atoms with Gasteiger partial charge in [0.15, 0.2) is 0 Å². The Labute approximate surface area is 108 Å². The first kappa shape index (κ1) is 13.5.